The van der Waals surface area contributed by atoms with Gasteiger partial charge in [0.25, 0.3) is 0 Å². The van der Waals surface area contributed by atoms with E-state index in [1.54, 1.807) is 0 Å². The Morgan fingerprint density at radius 2 is 2.25 bits per heavy atom. The Bertz CT molecular complexity index is 287. The van der Waals surface area contributed by atoms with Crippen LogP contribution in [-0.2, 0) is 0 Å². The monoisotopic (exact) mass is 161 g/mol. The molecule has 0 aliphatic heterocycles. The smallest absolute Gasteiger partial charge is 0.0347 e. The fourth-order valence-corrected chi connectivity index (χ4v) is 1.16. The van der Waals surface area contributed by atoms with E-state index in [0.717, 1.165) is 17.7 Å². The number of hydrogen-bond donors (Lipinski definition) is 1. The molecule has 1 aromatic rings. The molecular formula is C11H15N. The minimum atomic E-state index is 0.876. The van der Waals surface area contributed by atoms with Crippen LogP contribution in [0.1, 0.15) is 24.5 Å². The molecule has 0 unspecified atom stereocenters. The van der Waals surface area contributed by atoms with Gasteiger partial charge in [0.1, 0.15) is 0 Å². The van der Waals surface area contributed by atoms with E-state index in [1.165, 1.54) is 5.56 Å². The third-order valence-corrected chi connectivity index (χ3v) is 1.78. The summed E-state index contributed by atoms with van der Waals surface area (Å²) in [6.45, 7) is 4.16. The van der Waals surface area contributed by atoms with E-state index in [4.69, 9.17) is 5.73 Å². The number of rotatable bonds is 2. The quantitative estimate of drug-likeness (QED) is 0.709. The second kappa shape index (κ2) is 3.96. The van der Waals surface area contributed by atoms with Crippen LogP contribution >= 0.6 is 0 Å². The Morgan fingerprint density at radius 1 is 1.50 bits per heavy atom. The summed E-state index contributed by atoms with van der Waals surface area (Å²) < 4.78 is 0. The Labute approximate surface area is 73.9 Å². The molecule has 0 bridgehead atoms. The fourth-order valence-electron chi connectivity index (χ4n) is 1.16. The highest BCUT2D eigenvalue weighted by atomic mass is 14.6. The first-order chi connectivity index (χ1) is 5.74. The molecule has 0 fully saturated rings. The zero-order valence-corrected chi connectivity index (χ0v) is 7.67. The summed E-state index contributed by atoms with van der Waals surface area (Å²) in [4.78, 5) is 0. The van der Waals surface area contributed by atoms with E-state index in [2.05, 4.69) is 26.0 Å². The molecule has 0 amide bonds. The van der Waals surface area contributed by atoms with Crippen molar-refractivity contribution in [3.63, 3.8) is 0 Å². The number of allylic oxidation sites excluding steroid dienone is 1. The molecule has 64 valence electrons. The van der Waals surface area contributed by atoms with Crippen LogP contribution in [0.3, 0.4) is 0 Å². The molecule has 1 aromatic carbocycles. The summed E-state index contributed by atoms with van der Waals surface area (Å²) in [5.41, 5.74) is 9.08. The van der Waals surface area contributed by atoms with Crippen molar-refractivity contribution in [1.82, 2.24) is 0 Å². The molecule has 12 heavy (non-hydrogen) atoms. The molecular weight excluding hydrogens is 146 g/mol. The third kappa shape index (κ3) is 2.12. The van der Waals surface area contributed by atoms with Crippen molar-refractivity contribution in [1.29, 1.82) is 0 Å². The van der Waals surface area contributed by atoms with E-state index in [-0.39, 0.29) is 0 Å². The maximum Gasteiger partial charge on any atom is 0.0347 e. The normalized spacial score (nSPS) is 11.7. The van der Waals surface area contributed by atoms with E-state index in [1.807, 2.05) is 18.2 Å². The van der Waals surface area contributed by atoms with Crippen LogP contribution in [0.4, 0.5) is 0 Å². The van der Waals surface area contributed by atoms with E-state index in [9.17, 15) is 0 Å². The van der Waals surface area contributed by atoms with Gasteiger partial charge in [0, 0.05) is 5.70 Å². The highest BCUT2D eigenvalue weighted by Crippen LogP contribution is 2.10. The van der Waals surface area contributed by atoms with Crippen molar-refractivity contribution in [2.24, 2.45) is 5.73 Å². The van der Waals surface area contributed by atoms with Gasteiger partial charge in [-0.1, -0.05) is 36.8 Å². The molecule has 0 saturated carbocycles. The highest BCUT2D eigenvalue weighted by Gasteiger charge is 1.94. The Morgan fingerprint density at radius 3 is 2.83 bits per heavy atom. The van der Waals surface area contributed by atoms with Gasteiger partial charge < -0.3 is 5.73 Å². The van der Waals surface area contributed by atoms with Gasteiger partial charge in [0.2, 0.25) is 0 Å². The topological polar surface area (TPSA) is 26.0 Å². The van der Waals surface area contributed by atoms with Crippen molar-refractivity contribution in [2.75, 3.05) is 0 Å². The van der Waals surface area contributed by atoms with Crippen molar-refractivity contribution >= 4 is 5.70 Å². The highest BCUT2D eigenvalue weighted by molar-refractivity contribution is 5.62. The number of hydrogen-bond acceptors (Lipinski definition) is 1. The van der Waals surface area contributed by atoms with Crippen LogP contribution in [0, 0.1) is 6.92 Å². The summed E-state index contributed by atoms with van der Waals surface area (Å²) in [6.07, 6.45) is 3.02. The predicted molar refractivity (Wildman–Crippen MR) is 53.6 cm³/mol. The summed E-state index contributed by atoms with van der Waals surface area (Å²) in [7, 11) is 0. The van der Waals surface area contributed by atoms with Crippen LogP contribution in [0.2, 0.25) is 0 Å². The first-order valence-electron chi connectivity index (χ1n) is 4.26. The Hall–Kier alpha value is -1.24. The van der Waals surface area contributed by atoms with Gasteiger partial charge in [0.15, 0.2) is 0 Å². The van der Waals surface area contributed by atoms with Gasteiger partial charge >= 0.3 is 0 Å². The number of nitrogens with two attached hydrogens (primary N) is 1. The van der Waals surface area contributed by atoms with Gasteiger partial charge in [-0.2, -0.15) is 0 Å². The lowest BCUT2D eigenvalue weighted by Gasteiger charge is -2.01. The summed E-state index contributed by atoms with van der Waals surface area (Å²) >= 11 is 0. The Balaban J connectivity index is 2.95. The lowest BCUT2D eigenvalue weighted by atomic mass is 10.1. The van der Waals surface area contributed by atoms with Crippen LogP contribution in [-0.4, -0.2) is 0 Å². The van der Waals surface area contributed by atoms with Gasteiger partial charge in [-0.15, -0.1) is 0 Å². The largest absolute Gasteiger partial charge is 0.399 e. The predicted octanol–water partition coefficient (Wildman–Crippen LogP) is 2.70. The van der Waals surface area contributed by atoms with E-state index in [0.29, 0.717) is 0 Å². The summed E-state index contributed by atoms with van der Waals surface area (Å²) in [6, 6.07) is 8.24. The molecule has 0 heterocycles. The first kappa shape index (κ1) is 8.85. The van der Waals surface area contributed by atoms with Gasteiger partial charge in [0.05, 0.1) is 0 Å². The molecule has 0 atom stereocenters. The SMILES string of the molecule is CC/C=C(\N)c1cccc(C)c1. The molecule has 1 nitrogen and oxygen atoms in total. The molecule has 0 aromatic heterocycles. The second-order valence-corrected chi connectivity index (χ2v) is 2.94. The van der Waals surface area contributed by atoms with Crippen molar-refractivity contribution in [3.8, 4) is 0 Å². The lowest BCUT2D eigenvalue weighted by molar-refractivity contribution is 1.21. The number of aryl methyl sites for hydroxylation is 1. The van der Waals surface area contributed by atoms with Crippen LogP contribution in [0.25, 0.3) is 5.70 Å². The van der Waals surface area contributed by atoms with Crippen molar-refractivity contribution in [3.05, 3.63) is 41.5 Å². The van der Waals surface area contributed by atoms with Gasteiger partial charge in [-0.3, -0.25) is 0 Å². The first-order valence-corrected chi connectivity index (χ1v) is 4.26. The third-order valence-electron chi connectivity index (χ3n) is 1.78. The van der Waals surface area contributed by atoms with Gasteiger partial charge in [-0.25, -0.2) is 0 Å². The minimum Gasteiger partial charge on any atom is -0.399 e. The molecule has 2 N–H and O–H groups in total. The zero-order valence-electron chi connectivity index (χ0n) is 7.67. The minimum absolute atomic E-state index is 0.876. The fraction of sp³-hybridized carbons (Fsp3) is 0.273. The molecule has 1 rings (SSSR count). The van der Waals surface area contributed by atoms with E-state index >= 15 is 0 Å². The Kier molecular flexibility index (Phi) is 2.92. The maximum atomic E-state index is 5.84. The molecule has 0 spiro atoms. The van der Waals surface area contributed by atoms with E-state index < -0.39 is 0 Å². The maximum absolute atomic E-state index is 5.84. The average molecular weight is 161 g/mol. The lowest BCUT2D eigenvalue weighted by Crippen LogP contribution is -1.95. The standard InChI is InChI=1S/C11H15N/c1-3-5-11(12)10-7-4-6-9(2)8-10/h4-8H,3,12H2,1-2H3/b11-5-. The van der Waals surface area contributed by atoms with Crippen LogP contribution < -0.4 is 5.73 Å². The molecule has 0 aliphatic rings. The molecule has 0 aliphatic carbocycles. The molecule has 0 saturated heterocycles. The van der Waals surface area contributed by atoms with Crippen LogP contribution in [0.15, 0.2) is 30.3 Å². The van der Waals surface area contributed by atoms with Crippen molar-refractivity contribution < 1.29 is 0 Å². The summed E-state index contributed by atoms with van der Waals surface area (Å²) in [5.74, 6) is 0. The van der Waals surface area contributed by atoms with Crippen molar-refractivity contribution in [2.45, 2.75) is 20.3 Å². The van der Waals surface area contributed by atoms with Gasteiger partial charge in [-0.05, 0) is 25.0 Å². The molecule has 0 radical (unpaired) electrons. The van der Waals surface area contributed by atoms with Crippen LogP contribution in [0.5, 0.6) is 0 Å². The zero-order chi connectivity index (χ0) is 8.97. The number of benzene rings is 1. The molecule has 1 heteroatoms. The second-order valence-electron chi connectivity index (χ2n) is 2.94. The average Bonchev–Trinajstić information content (AvgIpc) is 2.05. The summed E-state index contributed by atoms with van der Waals surface area (Å²) in [5, 5.41) is 0.